The first-order valence-corrected chi connectivity index (χ1v) is 7.34. The summed E-state index contributed by atoms with van der Waals surface area (Å²) in [6, 6.07) is 18.5. The van der Waals surface area contributed by atoms with Gasteiger partial charge in [-0.2, -0.15) is 0 Å². The third-order valence-electron chi connectivity index (χ3n) is 3.34. The maximum absolute atomic E-state index is 12.1. The van der Waals surface area contributed by atoms with Gasteiger partial charge in [-0.1, -0.05) is 60.7 Å². The van der Waals surface area contributed by atoms with Crippen LogP contribution in [-0.2, 0) is 14.3 Å². The highest BCUT2D eigenvalue weighted by molar-refractivity contribution is 5.92. The van der Waals surface area contributed by atoms with Crippen molar-refractivity contribution in [2.75, 3.05) is 7.11 Å². The van der Waals surface area contributed by atoms with Gasteiger partial charge in [0.25, 0.3) is 0 Å². The molecule has 4 heteroatoms. The van der Waals surface area contributed by atoms with Crippen LogP contribution in [0.3, 0.4) is 0 Å². The summed E-state index contributed by atoms with van der Waals surface area (Å²) < 4.78 is 4.70. The molecule has 0 fully saturated rings. The van der Waals surface area contributed by atoms with E-state index >= 15 is 0 Å². The zero-order valence-corrected chi connectivity index (χ0v) is 12.9. The number of esters is 1. The van der Waals surface area contributed by atoms with Gasteiger partial charge in [-0.3, -0.25) is 9.59 Å². The molecule has 0 heterocycles. The van der Waals surface area contributed by atoms with Crippen LogP contribution in [0.4, 0.5) is 0 Å². The number of carbonyl (C=O) groups is 2. The van der Waals surface area contributed by atoms with Crippen LogP contribution >= 0.6 is 0 Å². The maximum Gasteiger partial charge on any atom is 0.307 e. The fraction of sp³-hybridized carbons (Fsp3) is 0.158. The molecule has 1 amide bonds. The van der Waals surface area contributed by atoms with Crippen molar-refractivity contribution in [1.82, 2.24) is 5.32 Å². The molecule has 2 aromatic rings. The van der Waals surface area contributed by atoms with Gasteiger partial charge in [0.2, 0.25) is 5.91 Å². The Balaban J connectivity index is 2.06. The molecule has 0 aliphatic carbocycles. The van der Waals surface area contributed by atoms with E-state index in [1.54, 1.807) is 6.08 Å². The van der Waals surface area contributed by atoms with Crippen LogP contribution in [0.5, 0.6) is 0 Å². The van der Waals surface area contributed by atoms with Crippen molar-refractivity contribution in [3.05, 3.63) is 77.9 Å². The van der Waals surface area contributed by atoms with Crippen molar-refractivity contribution in [2.45, 2.75) is 12.5 Å². The minimum absolute atomic E-state index is 0.0887. The second kappa shape index (κ2) is 8.54. The van der Waals surface area contributed by atoms with Crippen LogP contribution in [0, 0.1) is 0 Å². The van der Waals surface area contributed by atoms with Gasteiger partial charge in [0.1, 0.15) is 0 Å². The van der Waals surface area contributed by atoms with E-state index in [1.807, 2.05) is 60.7 Å². The van der Waals surface area contributed by atoms with Crippen LogP contribution in [-0.4, -0.2) is 19.0 Å². The van der Waals surface area contributed by atoms with Gasteiger partial charge >= 0.3 is 5.97 Å². The normalized spacial score (nSPS) is 11.9. The van der Waals surface area contributed by atoms with Gasteiger partial charge in [-0.25, -0.2) is 0 Å². The van der Waals surface area contributed by atoms with Crippen molar-refractivity contribution < 1.29 is 14.3 Å². The summed E-state index contributed by atoms with van der Waals surface area (Å²) in [6.07, 6.45) is 3.28. The lowest BCUT2D eigenvalue weighted by Crippen LogP contribution is -2.29. The van der Waals surface area contributed by atoms with Crippen LogP contribution in [0.1, 0.15) is 23.6 Å². The number of nitrogens with one attached hydrogen (secondary N) is 1. The Morgan fingerprint density at radius 3 is 2.26 bits per heavy atom. The van der Waals surface area contributed by atoms with Crippen molar-refractivity contribution >= 4 is 18.0 Å². The van der Waals surface area contributed by atoms with Crippen molar-refractivity contribution in [2.24, 2.45) is 0 Å². The zero-order valence-electron chi connectivity index (χ0n) is 12.9. The molecule has 1 atom stereocenters. The Hall–Kier alpha value is -2.88. The predicted molar refractivity (Wildman–Crippen MR) is 89.4 cm³/mol. The number of amides is 1. The number of rotatable bonds is 6. The molecule has 2 aromatic carbocycles. The van der Waals surface area contributed by atoms with E-state index < -0.39 is 6.04 Å². The number of methoxy groups -OCH3 is 1. The molecule has 0 aliphatic rings. The molecule has 0 unspecified atom stereocenters. The molecule has 23 heavy (non-hydrogen) atoms. The minimum Gasteiger partial charge on any atom is -0.469 e. The van der Waals surface area contributed by atoms with E-state index in [4.69, 9.17) is 4.74 Å². The summed E-state index contributed by atoms with van der Waals surface area (Å²) in [6.45, 7) is 0. The average molecular weight is 309 g/mol. The largest absolute Gasteiger partial charge is 0.469 e. The van der Waals surface area contributed by atoms with Gasteiger partial charge in [0.05, 0.1) is 19.6 Å². The molecule has 0 radical (unpaired) electrons. The fourth-order valence-electron chi connectivity index (χ4n) is 2.14. The van der Waals surface area contributed by atoms with E-state index in [2.05, 4.69) is 5.32 Å². The second-order valence-corrected chi connectivity index (χ2v) is 5.00. The number of hydrogen-bond donors (Lipinski definition) is 1. The smallest absolute Gasteiger partial charge is 0.307 e. The molecule has 0 aromatic heterocycles. The van der Waals surface area contributed by atoms with Gasteiger partial charge in [0.15, 0.2) is 0 Å². The Labute approximate surface area is 135 Å². The lowest BCUT2D eigenvalue weighted by atomic mass is 10.0. The summed E-state index contributed by atoms with van der Waals surface area (Å²) in [7, 11) is 1.33. The maximum atomic E-state index is 12.1. The molecular formula is C19H19NO3. The summed E-state index contributed by atoms with van der Waals surface area (Å²) in [5.41, 5.74) is 1.80. The molecular weight excluding hydrogens is 290 g/mol. The highest BCUT2D eigenvalue weighted by atomic mass is 16.5. The Morgan fingerprint density at radius 2 is 1.65 bits per heavy atom. The molecule has 4 nitrogen and oxygen atoms in total. The number of hydrogen-bond acceptors (Lipinski definition) is 3. The summed E-state index contributed by atoms with van der Waals surface area (Å²) in [5.74, 6) is -0.627. The van der Waals surface area contributed by atoms with Crippen molar-refractivity contribution in [1.29, 1.82) is 0 Å². The third-order valence-corrected chi connectivity index (χ3v) is 3.34. The van der Waals surface area contributed by atoms with E-state index in [-0.39, 0.29) is 18.3 Å². The predicted octanol–water partition coefficient (Wildman–Crippen LogP) is 3.12. The minimum atomic E-state index is -0.420. The number of carbonyl (C=O) groups excluding carboxylic acids is 2. The molecule has 0 saturated heterocycles. The molecule has 118 valence electrons. The summed E-state index contributed by atoms with van der Waals surface area (Å²) in [5, 5.41) is 2.84. The first-order valence-electron chi connectivity index (χ1n) is 7.34. The lowest BCUT2D eigenvalue weighted by Gasteiger charge is -2.17. The standard InChI is InChI=1S/C19H19NO3/c1-23-19(22)14-17(16-10-6-3-7-11-16)20-18(21)13-12-15-8-4-2-5-9-15/h2-13,17H,14H2,1H3,(H,20,21)/b13-12+/t17-/m1/s1. The highest BCUT2D eigenvalue weighted by Gasteiger charge is 2.17. The van der Waals surface area contributed by atoms with Crippen LogP contribution in [0.15, 0.2) is 66.7 Å². The first kappa shape index (κ1) is 16.5. The van der Waals surface area contributed by atoms with Crippen molar-refractivity contribution in [3.63, 3.8) is 0 Å². The fourth-order valence-corrected chi connectivity index (χ4v) is 2.14. The summed E-state index contributed by atoms with van der Waals surface area (Å²) >= 11 is 0. The Kier molecular flexibility index (Phi) is 6.12. The van der Waals surface area contributed by atoms with Gasteiger partial charge in [-0.05, 0) is 17.2 Å². The lowest BCUT2D eigenvalue weighted by molar-refractivity contribution is -0.141. The van der Waals surface area contributed by atoms with Crippen molar-refractivity contribution in [3.8, 4) is 0 Å². The van der Waals surface area contributed by atoms with E-state index in [0.29, 0.717) is 0 Å². The summed E-state index contributed by atoms with van der Waals surface area (Å²) in [4.78, 5) is 23.7. The molecule has 2 rings (SSSR count). The molecule has 0 aliphatic heterocycles. The van der Waals surface area contributed by atoms with E-state index in [0.717, 1.165) is 11.1 Å². The zero-order chi connectivity index (χ0) is 16.5. The highest BCUT2D eigenvalue weighted by Crippen LogP contribution is 2.17. The first-order chi connectivity index (χ1) is 11.2. The molecule has 0 saturated carbocycles. The SMILES string of the molecule is COC(=O)C[C@@H](NC(=O)/C=C/c1ccccc1)c1ccccc1. The van der Waals surface area contributed by atoms with Gasteiger partial charge < -0.3 is 10.1 Å². The number of benzene rings is 2. The van der Waals surface area contributed by atoms with E-state index in [1.165, 1.54) is 13.2 Å². The number of ether oxygens (including phenoxy) is 1. The van der Waals surface area contributed by atoms with Crippen LogP contribution in [0.25, 0.3) is 6.08 Å². The van der Waals surface area contributed by atoms with E-state index in [9.17, 15) is 9.59 Å². The molecule has 0 spiro atoms. The van der Waals surface area contributed by atoms with Gasteiger partial charge in [-0.15, -0.1) is 0 Å². The average Bonchev–Trinajstić information content (AvgIpc) is 2.61. The monoisotopic (exact) mass is 309 g/mol. The van der Waals surface area contributed by atoms with Crippen LogP contribution in [0.2, 0.25) is 0 Å². The second-order valence-electron chi connectivity index (χ2n) is 5.00. The Morgan fingerprint density at radius 1 is 1.04 bits per heavy atom. The van der Waals surface area contributed by atoms with Crippen LogP contribution < -0.4 is 5.32 Å². The molecule has 0 bridgehead atoms. The molecule has 1 N–H and O–H groups in total. The topological polar surface area (TPSA) is 55.4 Å². The third kappa shape index (κ3) is 5.43. The Bertz CT molecular complexity index is 666. The quantitative estimate of drug-likeness (QED) is 0.659. The van der Waals surface area contributed by atoms with Gasteiger partial charge in [0, 0.05) is 6.08 Å².